The molecule has 24 nitrogen and oxygen atoms in total. The Bertz CT molecular complexity index is 2270. The maximum Gasteiger partial charge on any atom is 0.327 e. The number of hydrogen-bond acceptors (Lipinski definition) is 15. The van der Waals surface area contributed by atoms with Gasteiger partial charge in [0, 0.05) is 35.7 Å². The summed E-state index contributed by atoms with van der Waals surface area (Å²) >= 11 is 5.32. The van der Waals surface area contributed by atoms with E-state index in [9.17, 15) is 63.3 Å². The molecule has 0 bridgehead atoms. The number of nitrogens with two attached hydrogens (primary N) is 2. The summed E-state index contributed by atoms with van der Waals surface area (Å²) in [5, 5.41) is 50.9. The molecule has 2 aromatic rings. The maximum absolute atomic E-state index is 14.7. The fourth-order valence-electron chi connectivity index (χ4n) is 7.70. The standard InChI is InChI=1S/C49H79N11O13S2/c1-9-26(6)39(47(70)60-40(27(7)62)48(71)54-32(14-15-38(51)63)42(65)58-37(23-74)49(72)73)59-46(69)36(20-28-21-52-31-13-11-10-12-29(28)31)57-43(66)33(16-17-75-8)53-44(67)35(19-25(4)5)56-45(68)34(18-24(2)3)55-41(64)30(50)22-61/h10-13,21,24-27,30,32-37,39-40,52,61-62,74H,9,14-20,22-23,50H2,1-8H3,(H2,51,63)(H,53,67)(H,54,71)(H,55,64)(H,56,68)(H,57,66)(H,58,65)(H,59,69)(H,60,70)(H,72,73)/t26-,27+,30-,32-,33-,34-,35-,36-,37-,39-,40-/m0/s1. The van der Waals surface area contributed by atoms with Gasteiger partial charge in [-0.05, 0) is 74.0 Å². The summed E-state index contributed by atoms with van der Waals surface area (Å²) in [6.45, 7) is 11.2. The van der Waals surface area contributed by atoms with Gasteiger partial charge < -0.3 is 74.3 Å². The van der Waals surface area contributed by atoms with Crippen molar-refractivity contribution >= 4 is 94.4 Å². The van der Waals surface area contributed by atoms with Crippen LogP contribution < -0.4 is 54.0 Å². The first-order chi connectivity index (χ1) is 35.3. The number of H-pyrrole nitrogens is 1. The van der Waals surface area contributed by atoms with Gasteiger partial charge in [0.15, 0.2) is 0 Å². The van der Waals surface area contributed by atoms with Crippen LogP contribution >= 0.6 is 24.4 Å². The Labute approximate surface area is 447 Å². The van der Waals surface area contributed by atoms with E-state index in [0.717, 1.165) is 10.9 Å². The van der Waals surface area contributed by atoms with Crippen molar-refractivity contribution in [2.24, 2.45) is 29.2 Å². The number of benzene rings is 1. The Hall–Kier alpha value is -5.96. The van der Waals surface area contributed by atoms with Crippen LogP contribution in [0, 0.1) is 17.8 Å². The van der Waals surface area contributed by atoms with Crippen LogP contribution in [0.5, 0.6) is 0 Å². The number of carbonyl (C=O) groups excluding carboxylic acids is 9. The maximum atomic E-state index is 14.7. The minimum absolute atomic E-state index is 0.0780. The highest BCUT2D eigenvalue weighted by Crippen LogP contribution is 2.20. The zero-order chi connectivity index (χ0) is 56.7. The summed E-state index contributed by atoms with van der Waals surface area (Å²) in [4.78, 5) is 137. The number of aliphatic hydroxyl groups is 2. The third kappa shape index (κ3) is 21.7. The van der Waals surface area contributed by atoms with Gasteiger partial charge >= 0.3 is 5.97 Å². The number of aromatic amines is 1. The SMILES string of the molecule is CC[C@H](C)[C@H](NC(=O)[C@H](Cc1c[nH]c2ccccc12)NC(=O)[C@H](CCSC)NC(=O)[C@H](CC(C)C)NC(=O)[C@H](CC(C)C)NC(=O)[C@@H](N)CO)C(=O)N[C@H](C(=O)N[C@@H](CCC(N)=O)C(=O)N[C@@H](CS)C(=O)O)[C@@H](C)O. The average molecular weight is 1090 g/mol. The fourth-order valence-corrected chi connectivity index (χ4v) is 8.42. The number of primary amides is 1. The van der Waals surface area contributed by atoms with Gasteiger partial charge in [-0.2, -0.15) is 24.4 Å². The molecular formula is C49H79N11O13S2. The lowest BCUT2D eigenvalue weighted by molar-refractivity contribution is -0.142. The lowest BCUT2D eigenvalue weighted by Crippen LogP contribution is -2.63. The molecule has 1 aromatic carbocycles. The third-order valence-electron chi connectivity index (χ3n) is 12.2. The van der Waals surface area contributed by atoms with Gasteiger partial charge in [-0.25, -0.2) is 4.79 Å². The lowest BCUT2D eigenvalue weighted by Gasteiger charge is -2.30. The molecule has 1 aromatic heterocycles. The summed E-state index contributed by atoms with van der Waals surface area (Å²) in [5.41, 5.74) is 12.3. The van der Waals surface area contributed by atoms with Gasteiger partial charge in [0.25, 0.3) is 0 Å². The number of aromatic nitrogens is 1. The molecule has 1 heterocycles. The van der Waals surface area contributed by atoms with Crippen LogP contribution in [0.4, 0.5) is 0 Å². The van der Waals surface area contributed by atoms with Crippen molar-refractivity contribution in [2.75, 3.05) is 24.4 Å². The molecule has 0 fully saturated rings. The molecule has 0 saturated heterocycles. The monoisotopic (exact) mass is 1090 g/mol. The average Bonchev–Trinajstić information content (AvgIpc) is 3.76. The topological polar surface area (TPSA) is 395 Å². The molecule has 16 N–H and O–H groups in total. The number of hydrogen-bond donors (Lipinski definition) is 15. The van der Waals surface area contributed by atoms with Crippen LogP contribution in [0.2, 0.25) is 0 Å². The number of rotatable bonds is 34. The minimum Gasteiger partial charge on any atom is -0.480 e. The predicted octanol–water partition coefficient (Wildman–Crippen LogP) is -1.54. The van der Waals surface area contributed by atoms with Crippen LogP contribution in [0.25, 0.3) is 10.9 Å². The van der Waals surface area contributed by atoms with Gasteiger partial charge in [0.2, 0.25) is 53.2 Å². The molecule has 2 rings (SSSR count). The van der Waals surface area contributed by atoms with E-state index in [4.69, 9.17) is 11.5 Å². The second-order valence-corrected chi connectivity index (χ2v) is 20.7. The Kier molecular flexibility index (Phi) is 28.2. The van der Waals surface area contributed by atoms with Crippen molar-refractivity contribution in [3.63, 3.8) is 0 Å². The number of thiol groups is 1. The largest absolute Gasteiger partial charge is 0.480 e. The smallest absolute Gasteiger partial charge is 0.327 e. The Morgan fingerprint density at radius 3 is 1.63 bits per heavy atom. The normalized spacial score (nSPS) is 15.8. The molecule has 0 saturated carbocycles. The van der Waals surface area contributed by atoms with Crippen LogP contribution in [-0.4, -0.2) is 164 Å². The zero-order valence-corrected chi connectivity index (χ0v) is 45.6. The van der Waals surface area contributed by atoms with E-state index in [-0.39, 0.29) is 49.7 Å². The summed E-state index contributed by atoms with van der Waals surface area (Å²) in [6, 6.07) is -5.23. The van der Waals surface area contributed by atoms with Gasteiger partial charge in [-0.15, -0.1) is 0 Å². The highest BCUT2D eigenvalue weighted by atomic mass is 32.2. The van der Waals surface area contributed by atoms with Crippen molar-refractivity contribution in [1.82, 2.24) is 47.5 Å². The van der Waals surface area contributed by atoms with Gasteiger partial charge in [0.05, 0.1) is 12.7 Å². The molecule has 75 heavy (non-hydrogen) atoms. The number of carboxylic acids is 1. The summed E-state index contributed by atoms with van der Waals surface area (Å²) in [7, 11) is 0. The number of aliphatic hydroxyl groups excluding tert-OH is 2. The van der Waals surface area contributed by atoms with Gasteiger partial charge in [0.1, 0.15) is 54.4 Å². The molecule has 0 aliphatic rings. The Morgan fingerprint density at radius 1 is 0.653 bits per heavy atom. The lowest BCUT2D eigenvalue weighted by atomic mass is 9.96. The van der Waals surface area contributed by atoms with E-state index in [0.29, 0.717) is 17.7 Å². The summed E-state index contributed by atoms with van der Waals surface area (Å²) < 4.78 is 0. The molecule has 0 unspecified atom stereocenters. The molecule has 26 heteroatoms. The van der Waals surface area contributed by atoms with Crippen LogP contribution in [0.1, 0.15) is 92.6 Å². The molecule has 420 valence electrons. The molecular weight excluding hydrogens is 1010 g/mol. The van der Waals surface area contributed by atoms with Crippen LogP contribution in [-0.2, 0) is 54.4 Å². The van der Waals surface area contributed by atoms with Crippen LogP contribution in [0.3, 0.4) is 0 Å². The van der Waals surface area contributed by atoms with Crippen LogP contribution in [0.15, 0.2) is 30.5 Å². The first kappa shape index (κ1) is 65.2. The van der Waals surface area contributed by atoms with Crippen molar-refractivity contribution in [3.8, 4) is 0 Å². The summed E-state index contributed by atoms with van der Waals surface area (Å²) in [6.07, 6.45) is 1.62. The van der Waals surface area contributed by atoms with E-state index in [1.165, 1.54) is 18.7 Å². The third-order valence-corrected chi connectivity index (χ3v) is 13.2. The van der Waals surface area contributed by atoms with E-state index >= 15 is 0 Å². The number of carbonyl (C=O) groups is 10. The molecule has 0 aliphatic carbocycles. The molecule has 0 spiro atoms. The Morgan fingerprint density at radius 2 is 1.12 bits per heavy atom. The fraction of sp³-hybridized carbons (Fsp3) is 0.633. The number of fused-ring (bicyclic) bond motifs is 1. The number of amides is 9. The summed E-state index contributed by atoms with van der Waals surface area (Å²) in [5.74, 6) is -9.89. The first-order valence-corrected chi connectivity index (χ1v) is 26.9. The van der Waals surface area contributed by atoms with E-state index in [1.54, 1.807) is 38.4 Å². The Balaban J connectivity index is 2.54. The number of para-hydroxylation sites is 1. The van der Waals surface area contributed by atoms with Crippen molar-refractivity contribution in [1.29, 1.82) is 0 Å². The van der Waals surface area contributed by atoms with Gasteiger partial charge in [-0.1, -0.05) is 66.2 Å². The van der Waals surface area contributed by atoms with E-state index < -0.39 is 139 Å². The number of thioether (sulfide) groups is 1. The predicted molar refractivity (Wildman–Crippen MR) is 285 cm³/mol. The molecule has 0 radical (unpaired) electrons. The number of aliphatic carboxylic acids is 1. The van der Waals surface area contributed by atoms with Gasteiger partial charge in [-0.3, -0.25) is 43.2 Å². The number of carboxylic acid groups (broad SMARTS) is 1. The zero-order valence-electron chi connectivity index (χ0n) is 43.9. The quantitative estimate of drug-likeness (QED) is 0.0353. The minimum atomic E-state index is -1.76. The van der Waals surface area contributed by atoms with E-state index in [2.05, 4.69) is 60.1 Å². The molecule has 9 amide bonds. The number of nitrogens with one attached hydrogen (secondary N) is 9. The molecule has 11 atom stereocenters. The van der Waals surface area contributed by atoms with Crippen molar-refractivity contribution < 1.29 is 63.3 Å². The second-order valence-electron chi connectivity index (χ2n) is 19.4. The van der Waals surface area contributed by atoms with Crippen molar-refractivity contribution in [3.05, 3.63) is 36.0 Å². The molecule has 0 aliphatic heterocycles. The first-order valence-electron chi connectivity index (χ1n) is 24.9. The highest BCUT2D eigenvalue weighted by Gasteiger charge is 2.38. The second kappa shape index (κ2) is 32.5. The van der Waals surface area contributed by atoms with E-state index in [1.807, 2.05) is 39.8 Å². The van der Waals surface area contributed by atoms with Crippen molar-refractivity contribution in [2.45, 2.75) is 154 Å². The highest BCUT2D eigenvalue weighted by molar-refractivity contribution is 7.98.